The number of amides is 1. The van der Waals surface area contributed by atoms with Gasteiger partial charge in [-0.05, 0) is 24.1 Å². The molecule has 2 heterocycles. The van der Waals surface area contributed by atoms with Crippen LogP contribution in [0, 0.1) is 0 Å². The topological polar surface area (TPSA) is 38.1 Å². The zero-order chi connectivity index (χ0) is 16.5. The minimum atomic E-state index is 0.186. The maximum atomic E-state index is 12.0. The Morgan fingerprint density at radius 1 is 1.08 bits per heavy atom. The third-order valence-corrected chi connectivity index (χ3v) is 4.86. The van der Waals surface area contributed by atoms with Gasteiger partial charge in [0, 0.05) is 32.5 Å². The lowest BCUT2D eigenvalue weighted by Gasteiger charge is -2.14. The highest BCUT2D eigenvalue weighted by atomic mass is 16.2. The molecule has 0 N–H and O–H groups in total. The van der Waals surface area contributed by atoms with E-state index in [1.165, 1.54) is 5.56 Å². The molecule has 4 heteroatoms. The molecule has 4 nitrogen and oxygen atoms in total. The zero-order valence-corrected chi connectivity index (χ0v) is 13.9. The van der Waals surface area contributed by atoms with Gasteiger partial charge in [0.1, 0.15) is 5.82 Å². The first kappa shape index (κ1) is 14.9. The minimum absolute atomic E-state index is 0.186. The average molecular weight is 319 g/mol. The number of likely N-dealkylation sites (N-methyl/N-ethyl adjacent to an activating group) is 1. The molecule has 122 valence electrons. The van der Waals surface area contributed by atoms with E-state index in [0.29, 0.717) is 6.42 Å². The second kappa shape index (κ2) is 6.11. The average Bonchev–Trinajstić information content (AvgIpc) is 3.14. The second-order valence-electron chi connectivity index (χ2n) is 6.52. The summed E-state index contributed by atoms with van der Waals surface area (Å²) in [5, 5.41) is 0. The number of para-hydroxylation sites is 2. The van der Waals surface area contributed by atoms with E-state index < -0.39 is 0 Å². The van der Waals surface area contributed by atoms with E-state index in [4.69, 9.17) is 4.98 Å². The molecule has 1 saturated heterocycles. The predicted molar refractivity (Wildman–Crippen MR) is 94.9 cm³/mol. The molecule has 0 spiro atoms. The molecule has 1 aliphatic heterocycles. The number of rotatable bonds is 4. The zero-order valence-electron chi connectivity index (χ0n) is 13.9. The highest BCUT2D eigenvalue weighted by Crippen LogP contribution is 2.29. The minimum Gasteiger partial charge on any atom is -0.345 e. The third-order valence-electron chi connectivity index (χ3n) is 4.86. The van der Waals surface area contributed by atoms with Crippen molar-refractivity contribution in [3.63, 3.8) is 0 Å². The van der Waals surface area contributed by atoms with Crippen LogP contribution in [0.4, 0.5) is 0 Å². The number of hydrogen-bond acceptors (Lipinski definition) is 2. The first-order valence-electron chi connectivity index (χ1n) is 8.45. The van der Waals surface area contributed by atoms with Crippen LogP contribution in [0.3, 0.4) is 0 Å². The van der Waals surface area contributed by atoms with E-state index in [1.54, 1.807) is 0 Å². The standard InChI is InChI=1S/C20H21N3O/c1-22-14-16(13-19(22)24)20-21-17-9-5-6-10-18(17)23(20)12-11-15-7-3-2-4-8-15/h2-10,16H,11-14H2,1H3. The molecule has 1 amide bonds. The van der Waals surface area contributed by atoms with Crippen LogP contribution in [0.1, 0.15) is 23.7 Å². The summed E-state index contributed by atoms with van der Waals surface area (Å²) in [5.74, 6) is 1.44. The number of hydrogen-bond donors (Lipinski definition) is 0. The summed E-state index contributed by atoms with van der Waals surface area (Å²) < 4.78 is 2.30. The van der Waals surface area contributed by atoms with Crippen LogP contribution in [0.5, 0.6) is 0 Å². The number of likely N-dealkylation sites (tertiary alicyclic amines) is 1. The van der Waals surface area contributed by atoms with Crippen molar-refractivity contribution in [2.45, 2.75) is 25.3 Å². The lowest BCUT2D eigenvalue weighted by Crippen LogP contribution is -2.19. The third kappa shape index (κ3) is 2.68. The van der Waals surface area contributed by atoms with Crippen LogP contribution in [0.15, 0.2) is 54.6 Å². The quantitative estimate of drug-likeness (QED) is 0.740. The lowest BCUT2D eigenvalue weighted by atomic mass is 10.1. The molecule has 1 aliphatic rings. The van der Waals surface area contributed by atoms with Crippen LogP contribution in [-0.2, 0) is 17.8 Å². The van der Waals surface area contributed by atoms with Gasteiger partial charge in [0.15, 0.2) is 0 Å². The molecule has 1 atom stereocenters. The van der Waals surface area contributed by atoms with Crippen LogP contribution >= 0.6 is 0 Å². The van der Waals surface area contributed by atoms with Crippen molar-refractivity contribution in [3.8, 4) is 0 Å². The molecule has 3 aromatic rings. The predicted octanol–water partition coefficient (Wildman–Crippen LogP) is 3.22. The van der Waals surface area contributed by atoms with E-state index in [0.717, 1.165) is 36.4 Å². The summed E-state index contributed by atoms with van der Waals surface area (Å²) in [4.78, 5) is 18.6. The van der Waals surface area contributed by atoms with Crippen molar-refractivity contribution in [1.82, 2.24) is 14.5 Å². The van der Waals surface area contributed by atoms with Crippen molar-refractivity contribution < 1.29 is 4.79 Å². The van der Waals surface area contributed by atoms with Crippen molar-refractivity contribution >= 4 is 16.9 Å². The maximum Gasteiger partial charge on any atom is 0.223 e. The number of carbonyl (C=O) groups is 1. The van der Waals surface area contributed by atoms with Crippen LogP contribution in [0.2, 0.25) is 0 Å². The van der Waals surface area contributed by atoms with Gasteiger partial charge in [0.05, 0.1) is 11.0 Å². The Balaban J connectivity index is 1.69. The molecule has 2 aromatic carbocycles. The molecular formula is C20H21N3O. The van der Waals surface area contributed by atoms with Gasteiger partial charge in [-0.25, -0.2) is 4.98 Å². The van der Waals surface area contributed by atoms with E-state index in [9.17, 15) is 4.79 Å². The Kier molecular flexibility index (Phi) is 3.81. The smallest absolute Gasteiger partial charge is 0.223 e. The van der Waals surface area contributed by atoms with Crippen molar-refractivity contribution in [3.05, 3.63) is 66.0 Å². The van der Waals surface area contributed by atoms with E-state index >= 15 is 0 Å². The fourth-order valence-corrected chi connectivity index (χ4v) is 3.56. The molecule has 0 saturated carbocycles. The largest absolute Gasteiger partial charge is 0.345 e. The number of carbonyl (C=O) groups excluding carboxylic acids is 1. The normalized spacial score (nSPS) is 17.8. The van der Waals surface area contributed by atoms with Crippen molar-refractivity contribution in [2.75, 3.05) is 13.6 Å². The van der Waals surface area contributed by atoms with Gasteiger partial charge in [-0.15, -0.1) is 0 Å². The molecule has 0 radical (unpaired) electrons. The number of imidazole rings is 1. The van der Waals surface area contributed by atoms with Crippen LogP contribution in [-0.4, -0.2) is 34.0 Å². The molecule has 1 fully saturated rings. The highest BCUT2D eigenvalue weighted by Gasteiger charge is 2.31. The Labute approximate surface area is 141 Å². The first-order chi connectivity index (χ1) is 11.7. The van der Waals surface area contributed by atoms with Crippen LogP contribution in [0.25, 0.3) is 11.0 Å². The second-order valence-corrected chi connectivity index (χ2v) is 6.52. The summed E-state index contributed by atoms with van der Waals surface area (Å²) in [6, 6.07) is 18.8. The lowest BCUT2D eigenvalue weighted by molar-refractivity contribution is -0.126. The Morgan fingerprint density at radius 3 is 2.58 bits per heavy atom. The highest BCUT2D eigenvalue weighted by molar-refractivity contribution is 5.80. The van der Waals surface area contributed by atoms with E-state index in [-0.39, 0.29) is 11.8 Å². The summed E-state index contributed by atoms with van der Waals surface area (Å²) in [6.07, 6.45) is 1.52. The SMILES string of the molecule is CN1CC(c2nc3ccccc3n2CCc2ccccc2)CC1=O. The van der Waals surface area contributed by atoms with Gasteiger partial charge in [-0.2, -0.15) is 0 Å². The molecular weight excluding hydrogens is 298 g/mol. The fraction of sp³-hybridized carbons (Fsp3) is 0.300. The number of aryl methyl sites for hydroxylation is 2. The molecule has 1 unspecified atom stereocenters. The van der Waals surface area contributed by atoms with Crippen molar-refractivity contribution in [2.24, 2.45) is 0 Å². The van der Waals surface area contributed by atoms with Gasteiger partial charge in [0.2, 0.25) is 5.91 Å². The Hall–Kier alpha value is -2.62. The molecule has 24 heavy (non-hydrogen) atoms. The summed E-state index contributed by atoms with van der Waals surface area (Å²) in [5.41, 5.74) is 3.49. The number of fused-ring (bicyclic) bond motifs is 1. The fourth-order valence-electron chi connectivity index (χ4n) is 3.56. The molecule has 0 bridgehead atoms. The van der Waals surface area contributed by atoms with Gasteiger partial charge >= 0.3 is 0 Å². The Bertz CT molecular complexity index is 869. The van der Waals surface area contributed by atoms with E-state index in [2.05, 4.69) is 47.0 Å². The monoisotopic (exact) mass is 319 g/mol. The first-order valence-corrected chi connectivity index (χ1v) is 8.45. The van der Waals surface area contributed by atoms with E-state index in [1.807, 2.05) is 24.1 Å². The Morgan fingerprint density at radius 2 is 1.83 bits per heavy atom. The number of nitrogens with zero attached hydrogens (tertiary/aromatic N) is 3. The maximum absolute atomic E-state index is 12.0. The molecule has 4 rings (SSSR count). The summed E-state index contributed by atoms with van der Waals surface area (Å²) >= 11 is 0. The summed E-state index contributed by atoms with van der Waals surface area (Å²) in [6.45, 7) is 1.64. The summed E-state index contributed by atoms with van der Waals surface area (Å²) in [7, 11) is 1.87. The van der Waals surface area contributed by atoms with Crippen LogP contribution < -0.4 is 0 Å². The van der Waals surface area contributed by atoms with Crippen molar-refractivity contribution in [1.29, 1.82) is 0 Å². The number of aromatic nitrogens is 2. The van der Waals surface area contributed by atoms with Gasteiger partial charge in [-0.3, -0.25) is 4.79 Å². The molecule has 0 aliphatic carbocycles. The van der Waals surface area contributed by atoms with Gasteiger partial charge < -0.3 is 9.47 Å². The van der Waals surface area contributed by atoms with Gasteiger partial charge in [0.25, 0.3) is 0 Å². The number of benzene rings is 2. The van der Waals surface area contributed by atoms with Gasteiger partial charge in [-0.1, -0.05) is 42.5 Å². The molecule has 1 aromatic heterocycles.